The van der Waals surface area contributed by atoms with Gasteiger partial charge in [-0.25, -0.2) is 0 Å². The Bertz CT molecular complexity index is 837. The van der Waals surface area contributed by atoms with Crippen LogP contribution in [0.3, 0.4) is 0 Å². The Morgan fingerprint density at radius 1 is 0.733 bits per heavy atom. The molecule has 3 nitrogen and oxygen atoms in total. The highest BCUT2D eigenvalue weighted by Crippen LogP contribution is 2.14. The fourth-order valence-corrected chi connectivity index (χ4v) is 3.51. The minimum absolute atomic E-state index is 0.146. The fourth-order valence-electron chi connectivity index (χ4n) is 3.51. The van der Waals surface area contributed by atoms with Crippen LogP contribution in [0, 0.1) is 5.92 Å². The average Bonchev–Trinajstić information content (AvgIpc) is 2.78. The highest BCUT2D eigenvalue weighted by atomic mass is 16.2. The summed E-state index contributed by atoms with van der Waals surface area (Å²) in [6, 6.07) is 30.5. The molecule has 0 aliphatic carbocycles. The van der Waals surface area contributed by atoms with E-state index in [1.807, 2.05) is 59.5 Å². The zero-order chi connectivity index (χ0) is 21.2. The van der Waals surface area contributed by atoms with Crippen LogP contribution >= 0.6 is 0 Å². The van der Waals surface area contributed by atoms with E-state index in [-0.39, 0.29) is 11.9 Å². The van der Waals surface area contributed by atoms with Gasteiger partial charge in [0.1, 0.15) is 0 Å². The van der Waals surface area contributed by atoms with Gasteiger partial charge in [0, 0.05) is 13.1 Å². The predicted octanol–water partition coefficient (Wildman–Crippen LogP) is 5.07. The van der Waals surface area contributed by atoms with Crippen molar-refractivity contribution < 1.29 is 4.79 Å². The van der Waals surface area contributed by atoms with Crippen molar-refractivity contribution in [1.29, 1.82) is 0 Å². The molecule has 3 aromatic rings. The quantitative estimate of drug-likeness (QED) is 0.515. The Morgan fingerprint density at radius 3 is 1.60 bits per heavy atom. The smallest absolute Gasteiger partial charge is 0.240 e. The third-order valence-corrected chi connectivity index (χ3v) is 5.10. The SMILES string of the molecule is CC(C)CNC(Cc1ccccc1)C(=O)N(Cc1ccccc1)Cc1ccccc1. The molecule has 0 heterocycles. The summed E-state index contributed by atoms with van der Waals surface area (Å²) >= 11 is 0. The van der Waals surface area contributed by atoms with Crippen LogP contribution in [-0.4, -0.2) is 23.4 Å². The van der Waals surface area contributed by atoms with E-state index < -0.39 is 0 Å². The molecule has 0 aliphatic heterocycles. The van der Waals surface area contributed by atoms with Crippen LogP contribution in [0.15, 0.2) is 91.0 Å². The average molecular weight is 401 g/mol. The molecular formula is C27H32N2O. The first-order valence-corrected chi connectivity index (χ1v) is 10.8. The molecule has 0 radical (unpaired) electrons. The summed E-state index contributed by atoms with van der Waals surface area (Å²) in [5, 5.41) is 3.53. The Kier molecular flexibility index (Phi) is 8.22. The maximum atomic E-state index is 13.7. The third-order valence-electron chi connectivity index (χ3n) is 5.10. The lowest BCUT2D eigenvalue weighted by Crippen LogP contribution is -2.48. The number of rotatable bonds is 10. The van der Waals surface area contributed by atoms with E-state index >= 15 is 0 Å². The van der Waals surface area contributed by atoms with Crippen molar-refractivity contribution in [3.8, 4) is 0 Å². The van der Waals surface area contributed by atoms with E-state index in [1.165, 1.54) is 5.56 Å². The summed E-state index contributed by atoms with van der Waals surface area (Å²) < 4.78 is 0. The van der Waals surface area contributed by atoms with Crippen LogP contribution in [0.2, 0.25) is 0 Å². The zero-order valence-corrected chi connectivity index (χ0v) is 18.0. The summed E-state index contributed by atoms with van der Waals surface area (Å²) in [6.07, 6.45) is 0.687. The third kappa shape index (κ3) is 6.85. The molecule has 1 atom stereocenters. The van der Waals surface area contributed by atoms with E-state index in [1.54, 1.807) is 0 Å². The lowest BCUT2D eigenvalue weighted by atomic mass is 10.0. The van der Waals surface area contributed by atoms with E-state index in [4.69, 9.17) is 0 Å². The van der Waals surface area contributed by atoms with Crippen molar-refractivity contribution in [2.45, 2.75) is 39.4 Å². The zero-order valence-electron chi connectivity index (χ0n) is 18.0. The summed E-state index contributed by atoms with van der Waals surface area (Å²) in [5.41, 5.74) is 3.46. The lowest BCUT2D eigenvalue weighted by Gasteiger charge is -2.29. The van der Waals surface area contributed by atoms with Gasteiger partial charge in [0.2, 0.25) is 5.91 Å². The summed E-state index contributed by atoms with van der Waals surface area (Å²) in [5.74, 6) is 0.625. The first-order valence-electron chi connectivity index (χ1n) is 10.8. The van der Waals surface area contributed by atoms with Gasteiger partial charge in [0.15, 0.2) is 0 Å². The van der Waals surface area contributed by atoms with Gasteiger partial charge in [-0.1, -0.05) is 105 Å². The Hall–Kier alpha value is -2.91. The van der Waals surface area contributed by atoms with Gasteiger partial charge in [-0.05, 0) is 35.6 Å². The van der Waals surface area contributed by atoms with Crippen LogP contribution in [0.25, 0.3) is 0 Å². The minimum atomic E-state index is -0.248. The van der Waals surface area contributed by atoms with Gasteiger partial charge in [-0.3, -0.25) is 4.79 Å². The van der Waals surface area contributed by atoms with E-state index in [9.17, 15) is 4.79 Å². The van der Waals surface area contributed by atoms with Gasteiger partial charge < -0.3 is 10.2 Å². The van der Waals surface area contributed by atoms with Crippen LogP contribution in [0.1, 0.15) is 30.5 Å². The number of hydrogen-bond donors (Lipinski definition) is 1. The minimum Gasteiger partial charge on any atom is -0.333 e. The summed E-state index contributed by atoms with van der Waals surface area (Å²) in [6.45, 7) is 6.35. The molecule has 0 fully saturated rings. The molecule has 3 heteroatoms. The second kappa shape index (κ2) is 11.3. The lowest BCUT2D eigenvalue weighted by molar-refractivity contribution is -0.134. The second-order valence-corrected chi connectivity index (χ2v) is 8.21. The number of carbonyl (C=O) groups is 1. The first kappa shape index (κ1) is 21.8. The van der Waals surface area contributed by atoms with Crippen molar-refractivity contribution in [2.24, 2.45) is 5.92 Å². The Balaban J connectivity index is 1.83. The second-order valence-electron chi connectivity index (χ2n) is 8.21. The monoisotopic (exact) mass is 400 g/mol. The number of hydrogen-bond acceptors (Lipinski definition) is 2. The maximum absolute atomic E-state index is 13.7. The molecule has 0 spiro atoms. The normalized spacial score (nSPS) is 12.0. The Labute approximate surface area is 180 Å². The number of carbonyl (C=O) groups excluding carboxylic acids is 1. The molecule has 1 amide bonds. The molecule has 1 N–H and O–H groups in total. The molecular weight excluding hydrogens is 368 g/mol. The highest BCUT2D eigenvalue weighted by Gasteiger charge is 2.25. The topological polar surface area (TPSA) is 32.3 Å². The van der Waals surface area contributed by atoms with E-state index in [2.05, 4.69) is 55.6 Å². The molecule has 1 unspecified atom stereocenters. The number of nitrogens with one attached hydrogen (secondary N) is 1. The predicted molar refractivity (Wildman–Crippen MR) is 124 cm³/mol. The van der Waals surface area contributed by atoms with Gasteiger partial charge in [0.25, 0.3) is 0 Å². The summed E-state index contributed by atoms with van der Waals surface area (Å²) in [7, 11) is 0. The largest absolute Gasteiger partial charge is 0.333 e. The van der Waals surface area contributed by atoms with Crippen molar-refractivity contribution >= 4 is 5.91 Å². The van der Waals surface area contributed by atoms with Crippen LogP contribution in [0.4, 0.5) is 0 Å². The number of nitrogens with zero attached hydrogens (tertiary/aromatic N) is 1. The molecule has 3 rings (SSSR count). The van der Waals surface area contributed by atoms with Crippen LogP contribution in [0.5, 0.6) is 0 Å². The molecule has 0 aliphatic rings. The standard InChI is InChI=1S/C27H32N2O/c1-22(2)19-28-26(18-23-12-6-3-7-13-23)27(30)29(20-24-14-8-4-9-15-24)21-25-16-10-5-11-17-25/h3-17,22,26,28H,18-21H2,1-2H3. The van der Waals surface area contributed by atoms with Gasteiger partial charge in [0.05, 0.1) is 6.04 Å². The molecule has 0 saturated heterocycles. The molecule has 30 heavy (non-hydrogen) atoms. The molecule has 156 valence electrons. The van der Waals surface area contributed by atoms with Crippen molar-refractivity contribution in [3.05, 3.63) is 108 Å². The molecule has 0 aromatic heterocycles. The molecule has 3 aromatic carbocycles. The highest BCUT2D eigenvalue weighted by molar-refractivity contribution is 5.82. The van der Waals surface area contributed by atoms with Gasteiger partial charge in [-0.15, -0.1) is 0 Å². The van der Waals surface area contributed by atoms with Crippen molar-refractivity contribution in [1.82, 2.24) is 10.2 Å². The fraction of sp³-hybridized carbons (Fsp3) is 0.296. The van der Waals surface area contributed by atoms with Crippen molar-refractivity contribution in [2.75, 3.05) is 6.54 Å². The summed E-state index contributed by atoms with van der Waals surface area (Å²) in [4.78, 5) is 15.7. The molecule has 0 bridgehead atoms. The van der Waals surface area contributed by atoms with Gasteiger partial charge >= 0.3 is 0 Å². The van der Waals surface area contributed by atoms with Gasteiger partial charge in [-0.2, -0.15) is 0 Å². The molecule has 0 saturated carbocycles. The first-order chi connectivity index (χ1) is 14.6. The van der Waals surface area contributed by atoms with E-state index in [0.717, 1.165) is 17.7 Å². The van der Waals surface area contributed by atoms with Crippen LogP contribution in [-0.2, 0) is 24.3 Å². The Morgan fingerprint density at radius 2 is 1.17 bits per heavy atom. The number of benzene rings is 3. The number of amides is 1. The maximum Gasteiger partial charge on any atom is 0.240 e. The van der Waals surface area contributed by atoms with Crippen molar-refractivity contribution in [3.63, 3.8) is 0 Å². The van der Waals surface area contributed by atoms with Crippen LogP contribution < -0.4 is 5.32 Å². The van der Waals surface area contributed by atoms with E-state index in [0.29, 0.717) is 25.4 Å².